The summed E-state index contributed by atoms with van der Waals surface area (Å²) in [5.74, 6) is -0.360. The van der Waals surface area contributed by atoms with Gasteiger partial charge in [-0.15, -0.1) is 0 Å². The van der Waals surface area contributed by atoms with Gasteiger partial charge in [0.25, 0.3) is 10.0 Å². The zero-order valence-corrected chi connectivity index (χ0v) is 17.3. The maximum Gasteiger partial charge on any atom is 0.379 e. The van der Waals surface area contributed by atoms with Gasteiger partial charge in [0.05, 0.1) is 16.8 Å². The van der Waals surface area contributed by atoms with Crippen LogP contribution in [0.25, 0.3) is 0 Å². The van der Waals surface area contributed by atoms with Crippen molar-refractivity contribution in [3.63, 3.8) is 0 Å². The number of halogens is 1. The molecule has 0 radical (unpaired) electrons. The van der Waals surface area contributed by atoms with E-state index in [4.69, 9.17) is 9.15 Å². The highest BCUT2D eigenvalue weighted by Crippen LogP contribution is 2.30. The van der Waals surface area contributed by atoms with Crippen LogP contribution in [-0.4, -0.2) is 25.1 Å². The fourth-order valence-electron chi connectivity index (χ4n) is 3.32. The van der Waals surface area contributed by atoms with E-state index in [0.717, 1.165) is 24.3 Å². The molecule has 0 aliphatic heterocycles. The Labute approximate surface area is 177 Å². The number of pyridine rings is 1. The Kier molecular flexibility index (Phi) is 5.55. The van der Waals surface area contributed by atoms with Gasteiger partial charge in [0.2, 0.25) is 5.76 Å². The second-order valence-electron chi connectivity index (χ2n) is 6.89. The lowest BCUT2D eigenvalue weighted by atomic mass is 9.93. The Morgan fingerprint density at radius 1 is 1.23 bits per heavy atom. The Hall–Kier alpha value is -3.53. The van der Waals surface area contributed by atoms with Crippen LogP contribution in [0.3, 0.4) is 0 Å². The minimum atomic E-state index is -3.98. The quantitative estimate of drug-likeness (QED) is 0.478. The number of hydrogen-bond donors (Lipinski definition) is 1. The van der Waals surface area contributed by atoms with Crippen molar-refractivity contribution in [1.82, 2.24) is 9.82 Å². The topological polar surface area (TPSA) is 111 Å². The molecule has 2 heterocycles. The first kappa shape index (κ1) is 20.7. The lowest BCUT2D eigenvalue weighted by molar-refractivity contribution is 0.0697. The lowest BCUT2D eigenvalue weighted by Crippen LogP contribution is -2.22. The molecule has 1 aromatic carbocycles. The van der Waals surface area contributed by atoms with Crippen molar-refractivity contribution in [3.8, 4) is 5.75 Å². The highest BCUT2D eigenvalue weighted by Gasteiger charge is 2.29. The van der Waals surface area contributed by atoms with Gasteiger partial charge < -0.3 is 9.15 Å². The van der Waals surface area contributed by atoms with Crippen LogP contribution in [0.2, 0.25) is 0 Å². The highest BCUT2D eigenvalue weighted by atomic mass is 32.2. The second-order valence-corrected chi connectivity index (χ2v) is 8.55. The maximum absolute atomic E-state index is 13.1. The summed E-state index contributed by atoms with van der Waals surface area (Å²) in [6, 6.07) is 7.65. The molecule has 8 nitrogen and oxygen atoms in total. The summed E-state index contributed by atoms with van der Waals surface area (Å²) < 4.78 is 49.0. The molecule has 0 spiro atoms. The molecule has 160 valence electrons. The molecule has 1 aliphatic carbocycles. The largest absolute Gasteiger partial charge is 0.453 e. The molecule has 3 aromatic rings. The fourth-order valence-corrected chi connectivity index (χ4v) is 4.15. The van der Waals surface area contributed by atoms with Crippen LogP contribution in [0.5, 0.6) is 5.75 Å². The average Bonchev–Trinajstić information content (AvgIpc) is 3.11. The van der Waals surface area contributed by atoms with Gasteiger partial charge in [0, 0.05) is 23.7 Å². The van der Waals surface area contributed by atoms with E-state index in [1.165, 1.54) is 6.20 Å². The Bertz CT molecular complexity index is 1250. The van der Waals surface area contributed by atoms with Crippen molar-refractivity contribution >= 4 is 21.7 Å². The molecule has 2 aromatic heterocycles. The summed E-state index contributed by atoms with van der Waals surface area (Å²) in [6.07, 6.45) is 4.72. The van der Waals surface area contributed by atoms with E-state index in [9.17, 15) is 17.6 Å². The first-order chi connectivity index (χ1) is 14.8. The highest BCUT2D eigenvalue weighted by molar-refractivity contribution is 7.89. The smallest absolute Gasteiger partial charge is 0.379 e. The molecule has 0 saturated heterocycles. The molecule has 0 fully saturated rings. The third kappa shape index (κ3) is 4.33. The molecule has 31 heavy (non-hydrogen) atoms. The minimum Gasteiger partial charge on any atom is -0.453 e. The van der Waals surface area contributed by atoms with E-state index in [2.05, 4.69) is 14.9 Å². The number of nitrogens with one attached hydrogen (secondary N) is 1. The third-order valence-electron chi connectivity index (χ3n) is 4.78. The number of aromatic nitrogens is 1. The van der Waals surface area contributed by atoms with E-state index in [-0.39, 0.29) is 16.4 Å². The summed E-state index contributed by atoms with van der Waals surface area (Å²) in [4.78, 5) is 18.5. The van der Waals surface area contributed by atoms with E-state index in [0.29, 0.717) is 41.9 Å². The number of ether oxygens (including phenoxy) is 1. The van der Waals surface area contributed by atoms with Crippen molar-refractivity contribution in [2.24, 2.45) is 5.10 Å². The monoisotopic (exact) mass is 443 g/mol. The normalized spacial score (nSPS) is 14.8. The van der Waals surface area contributed by atoms with E-state index in [1.54, 1.807) is 25.3 Å². The number of hydrazone groups is 1. The van der Waals surface area contributed by atoms with Gasteiger partial charge in [-0.25, -0.2) is 9.18 Å². The van der Waals surface area contributed by atoms with Crippen molar-refractivity contribution in [2.45, 2.75) is 31.1 Å². The Balaban J connectivity index is 1.60. The van der Waals surface area contributed by atoms with Gasteiger partial charge in [0.1, 0.15) is 17.3 Å². The molecule has 0 saturated carbocycles. The number of hydrogen-bond acceptors (Lipinski definition) is 7. The number of esters is 1. The van der Waals surface area contributed by atoms with Crippen LogP contribution in [0.1, 0.15) is 40.3 Å². The van der Waals surface area contributed by atoms with Crippen LogP contribution in [0.15, 0.2) is 63.2 Å². The zero-order chi connectivity index (χ0) is 22.0. The SMILES string of the molecule is Cc1c(C(=O)Oc2cccnc2)oc2c1/C(=N/NS(=O)(=O)c1ccc(F)cc1)CCC2. The number of sulfonamides is 1. The van der Waals surface area contributed by atoms with Crippen molar-refractivity contribution in [1.29, 1.82) is 0 Å². The number of rotatable bonds is 5. The van der Waals surface area contributed by atoms with Crippen LogP contribution in [-0.2, 0) is 16.4 Å². The molecular weight excluding hydrogens is 425 g/mol. The molecule has 0 atom stereocenters. The average molecular weight is 443 g/mol. The zero-order valence-electron chi connectivity index (χ0n) is 16.5. The number of carbonyl (C=O) groups is 1. The summed E-state index contributed by atoms with van der Waals surface area (Å²) >= 11 is 0. The van der Waals surface area contributed by atoms with Gasteiger partial charge in [-0.3, -0.25) is 4.98 Å². The predicted octanol–water partition coefficient (Wildman–Crippen LogP) is 3.36. The number of fused-ring (bicyclic) bond motifs is 1. The van der Waals surface area contributed by atoms with Gasteiger partial charge in [-0.2, -0.15) is 18.4 Å². The molecule has 10 heteroatoms. The molecule has 0 amide bonds. The predicted molar refractivity (Wildman–Crippen MR) is 109 cm³/mol. The first-order valence-electron chi connectivity index (χ1n) is 9.44. The Morgan fingerprint density at radius 3 is 2.71 bits per heavy atom. The van der Waals surface area contributed by atoms with Crippen LogP contribution in [0, 0.1) is 12.7 Å². The number of furan rings is 1. The van der Waals surface area contributed by atoms with Crippen molar-refractivity contribution in [3.05, 3.63) is 77.3 Å². The fraction of sp³-hybridized carbons (Fsp3) is 0.190. The third-order valence-corrected chi connectivity index (χ3v) is 6.01. The molecule has 4 rings (SSSR count). The second kappa shape index (κ2) is 8.31. The van der Waals surface area contributed by atoms with E-state index >= 15 is 0 Å². The number of carbonyl (C=O) groups excluding carboxylic acids is 1. The summed E-state index contributed by atoms with van der Waals surface area (Å²) in [6.45, 7) is 1.69. The van der Waals surface area contributed by atoms with Gasteiger partial charge >= 0.3 is 5.97 Å². The van der Waals surface area contributed by atoms with E-state index < -0.39 is 21.8 Å². The molecule has 1 aliphatic rings. The van der Waals surface area contributed by atoms with E-state index in [1.807, 2.05) is 0 Å². The van der Waals surface area contributed by atoms with Crippen LogP contribution in [0.4, 0.5) is 4.39 Å². The van der Waals surface area contributed by atoms with Gasteiger partial charge in [-0.1, -0.05) is 0 Å². The first-order valence-corrected chi connectivity index (χ1v) is 10.9. The number of benzene rings is 1. The van der Waals surface area contributed by atoms with Crippen LogP contribution >= 0.6 is 0 Å². The Morgan fingerprint density at radius 2 is 2.00 bits per heavy atom. The molecule has 0 unspecified atom stereocenters. The molecule has 1 N–H and O–H groups in total. The summed E-state index contributed by atoms with van der Waals surface area (Å²) in [5.41, 5.74) is 1.56. The number of nitrogens with zero attached hydrogens (tertiary/aromatic N) is 2. The lowest BCUT2D eigenvalue weighted by Gasteiger charge is -2.14. The molecule has 0 bridgehead atoms. The van der Waals surface area contributed by atoms with Gasteiger partial charge in [0.15, 0.2) is 0 Å². The standard InChI is InChI=1S/C21H18FN3O5S/c1-13-19-17(24-25-31(27,28)16-9-7-14(22)8-10-16)5-2-6-18(19)30-20(13)21(26)29-15-4-3-11-23-12-15/h3-4,7-12,25H,2,5-6H2,1H3/b24-17+. The summed E-state index contributed by atoms with van der Waals surface area (Å²) in [7, 11) is -3.98. The van der Waals surface area contributed by atoms with Gasteiger partial charge in [-0.05, 0) is 56.2 Å². The minimum absolute atomic E-state index is 0.0323. The molecular formula is C21H18FN3O5S. The van der Waals surface area contributed by atoms with Crippen molar-refractivity contribution in [2.75, 3.05) is 0 Å². The van der Waals surface area contributed by atoms with Crippen molar-refractivity contribution < 1.29 is 26.8 Å². The maximum atomic E-state index is 13.1. The number of aryl methyl sites for hydroxylation is 1. The summed E-state index contributed by atoms with van der Waals surface area (Å²) in [5, 5.41) is 4.08. The van der Waals surface area contributed by atoms with Crippen LogP contribution < -0.4 is 9.57 Å².